The third-order valence-electron chi connectivity index (χ3n) is 3.82. The van der Waals surface area contributed by atoms with Crippen LogP contribution in [-0.4, -0.2) is 44.4 Å². The van der Waals surface area contributed by atoms with E-state index in [-0.39, 0.29) is 12.4 Å². The summed E-state index contributed by atoms with van der Waals surface area (Å²) in [7, 11) is 0. The summed E-state index contributed by atoms with van der Waals surface area (Å²) in [5, 5.41) is 3.49. The highest BCUT2D eigenvalue weighted by Crippen LogP contribution is 2.13. The molecule has 0 aliphatic carbocycles. The first-order chi connectivity index (χ1) is 8.74. The molecule has 5 nitrogen and oxygen atoms in total. The molecule has 0 radical (unpaired) electrons. The maximum Gasteiger partial charge on any atom is 0.233 e. The van der Waals surface area contributed by atoms with Crippen molar-refractivity contribution in [3.8, 4) is 0 Å². The van der Waals surface area contributed by atoms with Crippen LogP contribution >= 0.6 is 12.4 Å². The van der Waals surface area contributed by atoms with Crippen molar-refractivity contribution >= 4 is 18.2 Å². The van der Waals surface area contributed by atoms with Crippen molar-refractivity contribution in [3.63, 3.8) is 0 Å². The van der Waals surface area contributed by atoms with E-state index < -0.39 is 0 Å². The highest BCUT2D eigenvalue weighted by Gasteiger charge is 2.24. The molecule has 0 spiro atoms. The fraction of sp³-hybridized carbons (Fsp3) is 0.538. The molecule has 6 heteroatoms. The number of piperazine rings is 1. The Morgan fingerprint density at radius 1 is 1.42 bits per heavy atom. The van der Waals surface area contributed by atoms with Gasteiger partial charge >= 0.3 is 0 Å². The minimum Gasteiger partial charge on any atom is -0.311 e. The monoisotopic (exact) mass is 281 g/mol. The molecular formula is C13H20ClN5. The summed E-state index contributed by atoms with van der Waals surface area (Å²) < 4.78 is 1.98. The molecule has 0 bridgehead atoms. The fourth-order valence-electron chi connectivity index (χ4n) is 2.51. The van der Waals surface area contributed by atoms with Gasteiger partial charge in [0.2, 0.25) is 5.78 Å². The predicted molar refractivity (Wildman–Crippen MR) is 77.6 cm³/mol. The number of nitrogens with zero attached hydrogens (tertiary/aromatic N) is 4. The Labute approximate surface area is 119 Å². The molecule has 2 aromatic heterocycles. The molecule has 19 heavy (non-hydrogen) atoms. The average Bonchev–Trinajstić information content (AvgIpc) is 2.77. The molecule has 0 aromatic carbocycles. The smallest absolute Gasteiger partial charge is 0.233 e. The lowest BCUT2D eigenvalue weighted by atomic mass is 10.1. The van der Waals surface area contributed by atoms with Gasteiger partial charge in [-0.3, -0.25) is 9.30 Å². The predicted octanol–water partition coefficient (Wildman–Crippen LogP) is 1.33. The van der Waals surface area contributed by atoms with Gasteiger partial charge in [0.05, 0.1) is 5.69 Å². The second-order valence-electron chi connectivity index (χ2n) is 5.01. The number of halogens is 1. The zero-order valence-corrected chi connectivity index (χ0v) is 12.1. The normalized spacial score (nSPS) is 24.3. The lowest BCUT2D eigenvalue weighted by Crippen LogP contribution is -2.54. The number of hydrogen-bond donors (Lipinski definition) is 1. The Kier molecular flexibility index (Phi) is 4.39. The molecule has 1 N–H and O–H groups in total. The summed E-state index contributed by atoms with van der Waals surface area (Å²) in [6, 6.07) is 3.00. The van der Waals surface area contributed by atoms with E-state index in [0.717, 1.165) is 31.1 Å². The Bertz CT molecular complexity index is 508. The molecule has 2 aromatic rings. The topological polar surface area (TPSA) is 45.5 Å². The van der Waals surface area contributed by atoms with E-state index in [1.165, 1.54) is 0 Å². The average molecular weight is 282 g/mol. The van der Waals surface area contributed by atoms with Gasteiger partial charge in [-0.1, -0.05) is 0 Å². The van der Waals surface area contributed by atoms with Crippen molar-refractivity contribution in [1.82, 2.24) is 24.6 Å². The summed E-state index contributed by atoms with van der Waals surface area (Å²) in [5.74, 6) is 0.781. The van der Waals surface area contributed by atoms with E-state index in [0.29, 0.717) is 12.1 Å². The maximum absolute atomic E-state index is 4.56. The van der Waals surface area contributed by atoms with Crippen LogP contribution in [0.1, 0.15) is 19.5 Å². The van der Waals surface area contributed by atoms with Gasteiger partial charge in [-0.25, -0.2) is 9.97 Å². The van der Waals surface area contributed by atoms with Crippen molar-refractivity contribution < 1.29 is 0 Å². The molecule has 2 unspecified atom stereocenters. The third kappa shape index (κ3) is 2.88. The second kappa shape index (κ2) is 5.86. The molecule has 3 rings (SSSR count). The van der Waals surface area contributed by atoms with Crippen molar-refractivity contribution in [2.45, 2.75) is 32.5 Å². The number of hydrogen-bond acceptors (Lipinski definition) is 4. The third-order valence-corrected chi connectivity index (χ3v) is 3.82. The van der Waals surface area contributed by atoms with E-state index >= 15 is 0 Å². The van der Waals surface area contributed by atoms with Gasteiger partial charge in [-0.2, -0.15) is 0 Å². The van der Waals surface area contributed by atoms with Gasteiger partial charge in [-0.05, 0) is 19.9 Å². The maximum atomic E-state index is 4.56. The van der Waals surface area contributed by atoms with E-state index in [2.05, 4.69) is 40.2 Å². The van der Waals surface area contributed by atoms with Crippen LogP contribution in [0.5, 0.6) is 0 Å². The van der Waals surface area contributed by atoms with E-state index in [4.69, 9.17) is 0 Å². The first-order valence-electron chi connectivity index (χ1n) is 6.50. The number of rotatable bonds is 2. The van der Waals surface area contributed by atoms with Crippen LogP contribution in [0.15, 0.2) is 24.7 Å². The molecule has 2 atom stereocenters. The lowest BCUT2D eigenvalue weighted by Gasteiger charge is -2.38. The van der Waals surface area contributed by atoms with Crippen LogP contribution in [0.25, 0.3) is 5.78 Å². The highest BCUT2D eigenvalue weighted by molar-refractivity contribution is 5.85. The summed E-state index contributed by atoms with van der Waals surface area (Å²) >= 11 is 0. The van der Waals surface area contributed by atoms with Gasteiger partial charge in [0.1, 0.15) is 0 Å². The van der Waals surface area contributed by atoms with E-state index in [1.54, 1.807) is 6.20 Å². The first-order valence-corrected chi connectivity index (χ1v) is 6.50. The Morgan fingerprint density at radius 2 is 2.26 bits per heavy atom. The zero-order valence-electron chi connectivity index (χ0n) is 11.3. The van der Waals surface area contributed by atoms with Crippen LogP contribution in [0, 0.1) is 0 Å². The summed E-state index contributed by atoms with van der Waals surface area (Å²) in [6.45, 7) is 7.54. The number of aromatic nitrogens is 3. The van der Waals surface area contributed by atoms with Gasteiger partial charge in [0.15, 0.2) is 0 Å². The van der Waals surface area contributed by atoms with Crippen molar-refractivity contribution in [1.29, 1.82) is 0 Å². The Hall–Kier alpha value is -1.17. The lowest BCUT2D eigenvalue weighted by molar-refractivity contribution is 0.129. The van der Waals surface area contributed by atoms with Crippen molar-refractivity contribution in [2.24, 2.45) is 0 Å². The minimum atomic E-state index is 0. The van der Waals surface area contributed by atoms with Crippen molar-refractivity contribution in [3.05, 3.63) is 30.4 Å². The summed E-state index contributed by atoms with van der Waals surface area (Å²) in [4.78, 5) is 11.3. The molecule has 104 valence electrons. The SMILES string of the molecule is CC1NCCN(Cc2cn3cccnc3n2)C1C.Cl. The fourth-order valence-corrected chi connectivity index (χ4v) is 2.51. The molecule has 0 saturated carbocycles. The van der Waals surface area contributed by atoms with Gasteiger partial charge in [0, 0.05) is 50.3 Å². The Morgan fingerprint density at radius 3 is 3.05 bits per heavy atom. The zero-order chi connectivity index (χ0) is 12.5. The molecule has 1 aliphatic heterocycles. The van der Waals surface area contributed by atoms with Crippen LogP contribution in [0.3, 0.4) is 0 Å². The van der Waals surface area contributed by atoms with Gasteiger partial charge < -0.3 is 5.32 Å². The van der Waals surface area contributed by atoms with Crippen LogP contribution < -0.4 is 5.32 Å². The van der Waals surface area contributed by atoms with Gasteiger partial charge in [-0.15, -0.1) is 12.4 Å². The second-order valence-corrected chi connectivity index (χ2v) is 5.01. The highest BCUT2D eigenvalue weighted by atomic mass is 35.5. The summed E-state index contributed by atoms with van der Waals surface area (Å²) in [5.41, 5.74) is 1.09. The molecule has 0 amide bonds. The van der Waals surface area contributed by atoms with E-state index in [1.807, 2.05) is 16.7 Å². The van der Waals surface area contributed by atoms with Crippen LogP contribution in [0.2, 0.25) is 0 Å². The number of nitrogens with one attached hydrogen (secondary N) is 1. The molecule has 1 aliphatic rings. The molecule has 1 saturated heterocycles. The van der Waals surface area contributed by atoms with Crippen molar-refractivity contribution in [2.75, 3.05) is 13.1 Å². The van der Waals surface area contributed by atoms with E-state index in [9.17, 15) is 0 Å². The summed E-state index contributed by atoms with van der Waals surface area (Å²) in [6.07, 6.45) is 5.84. The quantitative estimate of drug-likeness (QED) is 0.902. The molecule has 1 fully saturated rings. The van der Waals surface area contributed by atoms with Gasteiger partial charge in [0.25, 0.3) is 0 Å². The number of fused-ring (bicyclic) bond motifs is 1. The number of imidazole rings is 1. The standard InChI is InChI=1S/C13H19N5.ClH/c1-10-11(2)17(7-5-14-10)8-12-9-18-6-3-4-15-13(18)16-12;/h3-4,6,9-11,14H,5,7-8H2,1-2H3;1H. The van der Waals surface area contributed by atoms with Crippen LogP contribution in [-0.2, 0) is 6.54 Å². The first kappa shape index (κ1) is 14.2. The Balaban J connectivity index is 0.00000133. The molecule has 3 heterocycles. The largest absolute Gasteiger partial charge is 0.311 e. The minimum absolute atomic E-state index is 0. The molecular weight excluding hydrogens is 262 g/mol. The van der Waals surface area contributed by atoms with Crippen LogP contribution in [0.4, 0.5) is 0 Å².